The van der Waals surface area contributed by atoms with Gasteiger partial charge in [-0.25, -0.2) is 15.0 Å². The van der Waals surface area contributed by atoms with Crippen molar-refractivity contribution in [3.05, 3.63) is 51.9 Å². The fraction of sp³-hybridized carbons (Fsp3) is 0.235. The highest BCUT2D eigenvalue weighted by Crippen LogP contribution is 2.34. The van der Waals surface area contributed by atoms with Crippen LogP contribution >= 0.6 is 15.9 Å². The van der Waals surface area contributed by atoms with Crippen LogP contribution in [-0.2, 0) is 6.18 Å². The molecule has 0 bridgehead atoms. The van der Waals surface area contributed by atoms with Gasteiger partial charge in [0.2, 0.25) is 0 Å². The summed E-state index contributed by atoms with van der Waals surface area (Å²) in [6.45, 7) is 3.46. The number of aromatic nitrogens is 3. The third-order valence-electron chi connectivity index (χ3n) is 3.79. The zero-order chi connectivity index (χ0) is 19.1. The number of pyridine rings is 1. The van der Waals surface area contributed by atoms with Gasteiger partial charge in [0.05, 0.1) is 17.0 Å². The molecule has 2 aromatic heterocycles. The van der Waals surface area contributed by atoms with E-state index in [1.54, 1.807) is 26.1 Å². The summed E-state index contributed by atoms with van der Waals surface area (Å²) in [5.41, 5.74) is 5.83. The number of rotatable bonds is 3. The minimum atomic E-state index is -4.46. The van der Waals surface area contributed by atoms with Gasteiger partial charge in [0, 0.05) is 16.4 Å². The second-order valence-electron chi connectivity index (χ2n) is 5.90. The first-order valence-corrected chi connectivity index (χ1v) is 8.47. The first-order valence-electron chi connectivity index (χ1n) is 7.67. The van der Waals surface area contributed by atoms with Crippen LogP contribution in [-0.4, -0.2) is 15.0 Å². The van der Waals surface area contributed by atoms with E-state index in [0.717, 1.165) is 16.6 Å². The van der Waals surface area contributed by atoms with Crippen LogP contribution in [0.4, 0.5) is 24.7 Å². The topological polar surface area (TPSA) is 76.7 Å². The molecule has 0 fully saturated rings. The number of nitrogens with one attached hydrogen (secondary N) is 1. The second kappa shape index (κ2) is 6.71. The van der Waals surface area contributed by atoms with Crippen molar-refractivity contribution in [1.82, 2.24) is 15.0 Å². The van der Waals surface area contributed by atoms with Gasteiger partial charge in [0.25, 0.3) is 0 Å². The molecule has 136 valence electrons. The summed E-state index contributed by atoms with van der Waals surface area (Å²) in [7, 11) is 0. The Bertz CT molecular complexity index is 975. The Hall–Kier alpha value is -2.42. The molecule has 0 radical (unpaired) electrons. The Morgan fingerprint density at radius 3 is 2.58 bits per heavy atom. The van der Waals surface area contributed by atoms with Crippen LogP contribution in [0.1, 0.15) is 29.9 Å². The Balaban J connectivity index is 2.01. The molecule has 0 aliphatic heterocycles. The minimum Gasteiger partial charge on any atom is -0.399 e. The largest absolute Gasteiger partial charge is 0.416 e. The van der Waals surface area contributed by atoms with Gasteiger partial charge in [-0.1, -0.05) is 0 Å². The Kier molecular flexibility index (Phi) is 4.74. The summed E-state index contributed by atoms with van der Waals surface area (Å²) in [5, 5.41) is 3.80. The zero-order valence-corrected chi connectivity index (χ0v) is 15.5. The van der Waals surface area contributed by atoms with Gasteiger partial charge in [-0.3, -0.25) is 0 Å². The highest BCUT2D eigenvalue weighted by atomic mass is 79.9. The number of alkyl halides is 3. The van der Waals surface area contributed by atoms with Crippen molar-refractivity contribution in [1.29, 1.82) is 0 Å². The van der Waals surface area contributed by atoms with E-state index in [1.807, 2.05) is 0 Å². The van der Waals surface area contributed by atoms with Crippen molar-refractivity contribution in [2.45, 2.75) is 26.1 Å². The summed E-state index contributed by atoms with van der Waals surface area (Å²) in [4.78, 5) is 12.9. The number of nitrogen functional groups attached to an aromatic ring is 1. The molecule has 0 amide bonds. The summed E-state index contributed by atoms with van der Waals surface area (Å²) in [6.07, 6.45) is -2.84. The van der Waals surface area contributed by atoms with Gasteiger partial charge in [-0.2, -0.15) is 13.2 Å². The molecule has 0 aliphatic carbocycles. The maximum absolute atomic E-state index is 13.0. The molecule has 1 aromatic carbocycles. The Morgan fingerprint density at radius 2 is 1.88 bits per heavy atom. The normalized spacial score (nSPS) is 13.0. The lowest BCUT2D eigenvalue weighted by atomic mass is 10.0. The maximum atomic E-state index is 13.0. The van der Waals surface area contributed by atoms with Gasteiger partial charge in [0.1, 0.15) is 11.6 Å². The summed E-state index contributed by atoms with van der Waals surface area (Å²) in [6, 6.07) is 4.85. The van der Waals surface area contributed by atoms with E-state index in [9.17, 15) is 13.2 Å². The van der Waals surface area contributed by atoms with Crippen molar-refractivity contribution in [3.8, 4) is 0 Å². The van der Waals surface area contributed by atoms with Crippen molar-refractivity contribution >= 4 is 38.5 Å². The monoisotopic (exact) mass is 425 g/mol. The van der Waals surface area contributed by atoms with Crippen LogP contribution in [0.15, 0.2) is 34.9 Å². The van der Waals surface area contributed by atoms with Crippen molar-refractivity contribution < 1.29 is 13.2 Å². The molecule has 0 aliphatic rings. The third kappa shape index (κ3) is 3.87. The molecule has 0 unspecified atom stereocenters. The lowest BCUT2D eigenvalue weighted by molar-refractivity contribution is -0.137. The van der Waals surface area contributed by atoms with Crippen molar-refractivity contribution in [2.24, 2.45) is 0 Å². The van der Waals surface area contributed by atoms with Gasteiger partial charge in [-0.15, -0.1) is 0 Å². The lowest BCUT2D eigenvalue weighted by Crippen LogP contribution is -2.13. The van der Waals surface area contributed by atoms with Crippen LogP contribution in [0.2, 0.25) is 0 Å². The van der Waals surface area contributed by atoms with Crippen molar-refractivity contribution in [2.75, 3.05) is 11.1 Å². The van der Waals surface area contributed by atoms with Crippen LogP contribution in [0.5, 0.6) is 0 Å². The van der Waals surface area contributed by atoms with E-state index in [4.69, 9.17) is 5.73 Å². The molecule has 0 saturated heterocycles. The second-order valence-corrected chi connectivity index (χ2v) is 6.81. The predicted molar refractivity (Wildman–Crippen MR) is 97.7 cm³/mol. The first-order chi connectivity index (χ1) is 12.1. The predicted octanol–water partition coefficient (Wildman–Crippen LogP) is 4.87. The fourth-order valence-electron chi connectivity index (χ4n) is 2.58. The number of benzene rings is 1. The van der Waals surface area contributed by atoms with Crippen molar-refractivity contribution in [3.63, 3.8) is 0 Å². The standard InChI is InChI=1S/C17H15BrF3N5/c1-8(10-3-11(17(19,20)21)5-13(22)4-10)24-16-14-6-12(18)7-23-15(14)25-9(2)26-16/h3-8H,22H2,1-2H3,(H,23,24,25,26)/t8-/m1/s1. The first kappa shape index (κ1) is 18.4. The number of hydrogen-bond donors (Lipinski definition) is 2. The van der Waals surface area contributed by atoms with Gasteiger partial charge in [-0.05, 0) is 59.6 Å². The van der Waals surface area contributed by atoms with E-state index < -0.39 is 17.8 Å². The summed E-state index contributed by atoms with van der Waals surface area (Å²) in [5.74, 6) is 0.996. The molecule has 3 rings (SSSR count). The average Bonchev–Trinajstić information content (AvgIpc) is 2.54. The molecular weight excluding hydrogens is 411 g/mol. The van der Waals surface area contributed by atoms with Crippen LogP contribution in [0.3, 0.4) is 0 Å². The summed E-state index contributed by atoms with van der Waals surface area (Å²) < 4.78 is 39.8. The highest BCUT2D eigenvalue weighted by Gasteiger charge is 2.31. The molecule has 3 aromatic rings. The smallest absolute Gasteiger partial charge is 0.399 e. The lowest BCUT2D eigenvalue weighted by Gasteiger charge is -2.19. The quantitative estimate of drug-likeness (QED) is 0.585. The Morgan fingerprint density at radius 1 is 1.15 bits per heavy atom. The minimum absolute atomic E-state index is 0.0524. The number of hydrogen-bond acceptors (Lipinski definition) is 5. The molecule has 0 saturated carbocycles. The molecule has 0 spiro atoms. The van der Waals surface area contributed by atoms with Gasteiger partial charge < -0.3 is 11.1 Å². The third-order valence-corrected chi connectivity index (χ3v) is 4.22. The molecular formula is C17H15BrF3N5. The average molecular weight is 426 g/mol. The molecule has 3 N–H and O–H groups in total. The van der Waals surface area contributed by atoms with E-state index in [2.05, 4.69) is 36.2 Å². The van der Waals surface area contributed by atoms with E-state index in [1.165, 1.54) is 6.07 Å². The number of nitrogens with zero attached hydrogens (tertiary/aromatic N) is 3. The number of anilines is 2. The molecule has 2 heterocycles. The number of aryl methyl sites for hydroxylation is 1. The molecule has 1 atom stereocenters. The summed E-state index contributed by atoms with van der Waals surface area (Å²) >= 11 is 3.35. The van der Waals surface area contributed by atoms with Gasteiger partial charge >= 0.3 is 6.18 Å². The molecule has 5 nitrogen and oxygen atoms in total. The van der Waals surface area contributed by atoms with E-state index >= 15 is 0 Å². The number of fused-ring (bicyclic) bond motifs is 1. The van der Waals surface area contributed by atoms with E-state index in [0.29, 0.717) is 28.2 Å². The van der Waals surface area contributed by atoms with Crippen LogP contribution < -0.4 is 11.1 Å². The maximum Gasteiger partial charge on any atom is 0.416 e. The number of halogens is 4. The van der Waals surface area contributed by atoms with E-state index in [-0.39, 0.29) is 5.69 Å². The highest BCUT2D eigenvalue weighted by molar-refractivity contribution is 9.10. The van der Waals surface area contributed by atoms with Gasteiger partial charge in [0.15, 0.2) is 5.65 Å². The fourth-order valence-corrected chi connectivity index (χ4v) is 2.92. The number of nitrogens with two attached hydrogens (primary N) is 1. The zero-order valence-electron chi connectivity index (χ0n) is 13.9. The van der Waals surface area contributed by atoms with Crippen LogP contribution in [0, 0.1) is 6.92 Å². The Labute approximate surface area is 156 Å². The molecule has 9 heteroatoms. The molecule has 26 heavy (non-hydrogen) atoms. The SMILES string of the molecule is Cc1nc(N[C@H](C)c2cc(N)cc(C(F)(F)F)c2)c2cc(Br)cnc2n1. The van der Waals surface area contributed by atoms with Crippen LogP contribution in [0.25, 0.3) is 11.0 Å².